The van der Waals surface area contributed by atoms with Crippen molar-refractivity contribution in [1.29, 1.82) is 0 Å². The number of hydrogen-bond acceptors (Lipinski definition) is 3. The van der Waals surface area contributed by atoms with Crippen molar-refractivity contribution in [2.24, 2.45) is 0 Å². The molecule has 0 aromatic heterocycles. The van der Waals surface area contributed by atoms with Gasteiger partial charge in [-0.05, 0) is 19.8 Å². The molecule has 1 aliphatic rings. The van der Waals surface area contributed by atoms with E-state index >= 15 is 0 Å². The first-order chi connectivity index (χ1) is 6.54. The van der Waals surface area contributed by atoms with E-state index in [1.165, 1.54) is 0 Å². The summed E-state index contributed by atoms with van der Waals surface area (Å²) in [6, 6.07) is -0.00847. The van der Waals surface area contributed by atoms with Gasteiger partial charge >= 0.3 is 0 Å². The molecule has 1 saturated carbocycles. The fraction of sp³-hybridized carbons (Fsp3) is 0.900. The molecular formula is C10H19NO2S. The van der Waals surface area contributed by atoms with Crippen molar-refractivity contribution in [3.63, 3.8) is 0 Å². The third-order valence-electron chi connectivity index (χ3n) is 2.90. The Hall–Kier alpha value is -0.220. The van der Waals surface area contributed by atoms with Crippen LogP contribution in [0.2, 0.25) is 0 Å². The van der Waals surface area contributed by atoms with Crippen molar-refractivity contribution in [2.45, 2.75) is 50.0 Å². The highest BCUT2D eigenvalue weighted by atomic mass is 32.1. The number of aliphatic hydroxyl groups excluding tert-OH is 1. The summed E-state index contributed by atoms with van der Waals surface area (Å²) in [6.45, 7) is 1.76. The molecular weight excluding hydrogens is 198 g/mol. The van der Waals surface area contributed by atoms with Crippen LogP contribution in [0, 0.1) is 0 Å². The quantitative estimate of drug-likeness (QED) is 0.679. The van der Waals surface area contributed by atoms with Gasteiger partial charge in [0, 0.05) is 7.05 Å². The number of aliphatic hydroxyl groups is 1. The SMILES string of the molecule is CC(S)C(=O)N(C)C1CCCCC1O. The van der Waals surface area contributed by atoms with Gasteiger partial charge in [0.05, 0.1) is 17.4 Å². The maximum Gasteiger partial charge on any atom is 0.235 e. The maximum atomic E-state index is 11.6. The lowest BCUT2D eigenvalue weighted by Crippen LogP contribution is -2.48. The van der Waals surface area contributed by atoms with Crippen molar-refractivity contribution in [1.82, 2.24) is 4.90 Å². The Kier molecular flexibility index (Phi) is 4.26. The summed E-state index contributed by atoms with van der Waals surface area (Å²) in [6.07, 6.45) is 3.52. The minimum absolute atomic E-state index is 0.000664. The van der Waals surface area contributed by atoms with E-state index in [1.807, 2.05) is 0 Å². The summed E-state index contributed by atoms with van der Waals surface area (Å²) in [7, 11) is 1.76. The van der Waals surface area contributed by atoms with Gasteiger partial charge in [-0.3, -0.25) is 4.79 Å². The molecule has 1 fully saturated rings. The predicted octanol–water partition coefficient (Wildman–Crippen LogP) is 1.07. The number of carbonyl (C=O) groups excluding carboxylic acids is 1. The third-order valence-corrected chi connectivity index (χ3v) is 3.12. The Balaban J connectivity index is 2.57. The Morgan fingerprint density at radius 2 is 2.07 bits per heavy atom. The second-order valence-electron chi connectivity index (χ2n) is 4.04. The molecule has 0 aliphatic heterocycles. The van der Waals surface area contributed by atoms with Crippen LogP contribution in [-0.2, 0) is 4.79 Å². The van der Waals surface area contributed by atoms with Crippen molar-refractivity contribution >= 4 is 18.5 Å². The molecule has 0 radical (unpaired) electrons. The number of hydrogen-bond donors (Lipinski definition) is 2. The number of likely N-dealkylation sites (N-methyl/N-ethyl adjacent to an activating group) is 1. The maximum absolute atomic E-state index is 11.6. The highest BCUT2D eigenvalue weighted by molar-refractivity contribution is 7.81. The van der Waals surface area contributed by atoms with Gasteiger partial charge in [-0.25, -0.2) is 0 Å². The number of rotatable bonds is 2. The Morgan fingerprint density at radius 1 is 1.50 bits per heavy atom. The highest BCUT2D eigenvalue weighted by Crippen LogP contribution is 2.23. The lowest BCUT2D eigenvalue weighted by Gasteiger charge is -2.35. The molecule has 0 heterocycles. The number of thiol groups is 1. The molecule has 1 amide bonds. The fourth-order valence-electron chi connectivity index (χ4n) is 2.00. The molecule has 0 bridgehead atoms. The van der Waals surface area contributed by atoms with Gasteiger partial charge in [0.25, 0.3) is 0 Å². The minimum atomic E-state index is -0.357. The molecule has 14 heavy (non-hydrogen) atoms. The topological polar surface area (TPSA) is 40.5 Å². The largest absolute Gasteiger partial charge is 0.391 e. The molecule has 0 spiro atoms. The first kappa shape index (κ1) is 11.9. The monoisotopic (exact) mass is 217 g/mol. The zero-order chi connectivity index (χ0) is 10.7. The highest BCUT2D eigenvalue weighted by Gasteiger charge is 2.30. The number of carbonyl (C=O) groups is 1. The van der Waals surface area contributed by atoms with Crippen LogP contribution in [0.3, 0.4) is 0 Å². The van der Waals surface area contributed by atoms with Crippen LogP contribution in [0.25, 0.3) is 0 Å². The lowest BCUT2D eigenvalue weighted by atomic mass is 9.91. The summed E-state index contributed by atoms with van der Waals surface area (Å²) < 4.78 is 0. The summed E-state index contributed by atoms with van der Waals surface area (Å²) in [5, 5.41) is 9.47. The van der Waals surface area contributed by atoms with Gasteiger partial charge in [0.2, 0.25) is 5.91 Å². The van der Waals surface area contributed by atoms with Crippen LogP contribution in [0.1, 0.15) is 32.6 Å². The van der Waals surface area contributed by atoms with E-state index in [1.54, 1.807) is 18.9 Å². The fourth-order valence-corrected chi connectivity index (χ4v) is 2.18. The van der Waals surface area contributed by atoms with Gasteiger partial charge in [0.1, 0.15) is 0 Å². The van der Waals surface area contributed by atoms with E-state index in [9.17, 15) is 9.90 Å². The molecule has 4 heteroatoms. The molecule has 3 nitrogen and oxygen atoms in total. The van der Waals surface area contributed by atoms with Crippen molar-refractivity contribution in [3.05, 3.63) is 0 Å². The van der Waals surface area contributed by atoms with Crippen LogP contribution in [0.4, 0.5) is 0 Å². The van der Waals surface area contributed by atoms with E-state index < -0.39 is 0 Å². The first-order valence-electron chi connectivity index (χ1n) is 5.17. The van der Waals surface area contributed by atoms with E-state index in [2.05, 4.69) is 12.6 Å². The second kappa shape index (κ2) is 5.03. The molecule has 0 saturated heterocycles. The van der Waals surface area contributed by atoms with Gasteiger partial charge < -0.3 is 10.0 Å². The molecule has 1 N–H and O–H groups in total. The zero-order valence-electron chi connectivity index (χ0n) is 8.81. The molecule has 1 aliphatic carbocycles. The molecule has 0 aromatic rings. The van der Waals surface area contributed by atoms with Crippen LogP contribution in [-0.4, -0.2) is 40.4 Å². The molecule has 3 atom stereocenters. The Bertz CT molecular complexity index is 208. The normalized spacial score (nSPS) is 29.7. The lowest BCUT2D eigenvalue weighted by molar-refractivity contribution is -0.134. The van der Waals surface area contributed by atoms with Crippen LogP contribution in [0.5, 0.6) is 0 Å². The number of amides is 1. The summed E-state index contributed by atoms with van der Waals surface area (Å²) >= 11 is 4.11. The second-order valence-corrected chi connectivity index (χ2v) is 4.82. The van der Waals surface area contributed by atoms with E-state index in [0.29, 0.717) is 0 Å². The first-order valence-corrected chi connectivity index (χ1v) is 5.68. The Morgan fingerprint density at radius 3 is 2.57 bits per heavy atom. The predicted molar refractivity (Wildman–Crippen MR) is 59.5 cm³/mol. The zero-order valence-corrected chi connectivity index (χ0v) is 9.70. The van der Waals surface area contributed by atoms with Crippen LogP contribution >= 0.6 is 12.6 Å². The van der Waals surface area contributed by atoms with Gasteiger partial charge in [-0.2, -0.15) is 12.6 Å². The summed E-state index contributed by atoms with van der Waals surface area (Å²) in [5.41, 5.74) is 0. The van der Waals surface area contributed by atoms with Gasteiger partial charge in [0.15, 0.2) is 0 Å². The van der Waals surface area contributed by atoms with E-state index in [0.717, 1.165) is 25.7 Å². The summed E-state index contributed by atoms with van der Waals surface area (Å²) in [5.74, 6) is -0.000664. The standard InChI is InChI=1S/C10H19NO2S/c1-7(14)10(13)11(2)8-5-3-4-6-9(8)12/h7-9,12,14H,3-6H2,1-2H3. The average Bonchev–Trinajstić information content (AvgIpc) is 2.16. The average molecular weight is 217 g/mol. The van der Waals surface area contributed by atoms with Crippen molar-refractivity contribution in [3.8, 4) is 0 Å². The number of nitrogens with zero attached hydrogens (tertiary/aromatic N) is 1. The molecule has 0 aromatic carbocycles. The molecule has 3 unspecified atom stereocenters. The smallest absolute Gasteiger partial charge is 0.235 e. The summed E-state index contributed by atoms with van der Waals surface area (Å²) in [4.78, 5) is 13.3. The Labute approximate surface area is 90.9 Å². The van der Waals surface area contributed by atoms with Gasteiger partial charge in [-0.1, -0.05) is 12.8 Å². The van der Waals surface area contributed by atoms with Crippen molar-refractivity contribution in [2.75, 3.05) is 7.05 Å². The minimum Gasteiger partial charge on any atom is -0.391 e. The van der Waals surface area contributed by atoms with E-state index in [-0.39, 0.29) is 23.3 Å². The van der Waals surface area contributed by atoms with Crippen LogP contribution < -0.4 is 0 Å². The van der Waals surface area contributed by atoms with Crippen LogP contribution in [0.15, 0.2) is 0 Å². The third kappa shape index (κ3) is 2.64. The molecule has 82 valence electrons. The van der Waals surface area contributed by atoms with Gasteiger partial charge in [-0.15, -0.1) is 0 Å². The van der Waals surface area contributed by atoms with E-state index in [4.69, 9.17) is 0 Å². The molecule has 1 rings (SSSR count). The van der Waals surface area contributed by atoms with Crippen molar-refractivity contribution < 1.29 is 9.90 Å².